The molecule has 3 nitrogen and oxygen atoms in total. The third-order valence-corrected chi connectivity index (χ3v) is 5.16. The number of hydrogen-bond acceptors (Lipinski definition) is 2. The summed E-state index contributed by atoms with van der Waals surface area (Å²) in [6, 6.07) is 12.3. The number of benzene rings is 2. The second-order valence-corrected chi connectivity index (χ2v) is 6.80. The number of hydrogen-bond donors (Lipinski definition) is 1. The highest BCUT2D eigenvalue weighted by atomic mass is 19.1. The van der Waals surface area contributed by atoms with E-state index in [0.717, 1.165) is 5.56 Å². The van der Waals surface area contributed by atoms with Crippen LogP contribution in [-0.4, -0.2) is 11.7 Å². The summed E-state index contributed by atoms with van der Waals surface area (Å²) in [5.74, 6) is -1.73. The number of halogens is 2. The average molecular weight is 353 g/mol. The molecule has 2 aromatic carbocycles. The number of carbonyl (C=O) groups is 2. The first-order chi connectivity index (χ1) is 12.5. The normalized spacial score (nSPS) is 22.8. The first-order valence-corrected chi connectivity index (χ1v) is 8.59. The van der Waals surface area contributed by atoms with Crippen molar-refractivity contribution in [1.82, 2.24) is 5.32 Å². The Balaban J connectivity index is 1.73. The van der Waals surface area contributed by atoms with E-state index in [-0.39, 0.29) is 36.3 Å². The van der Waals surface area contributed by atoms with E-state index in [9.17, 15) is 18.4 Å². The molecule has 132 valence electrons. The predicted octanol–water partition coefficient (Wildman–Crippen LogP) is 3.97. The molecule has 4 rings (SSSR count). The van der Waals surface area contributed by atoms with E-state index < -0.39 is 11.7 Å². The smallest absolute Gasteiger partial charge is 0.225 e. The highest BCUT2D eigenvalue weighted by molar-refractivity contribution is 6.02. The van der Waals surface area contributed by atoms with Crippen molar-refractivity contribution in [3.8, 4) is 0 Å². The molecule has 2 atom stereocenters. The van der Waals surface area contributed by atoms with Gasteiger partial charge < -0.3 is 5.32 Å². The van der Waals surface area contributed by atoms with Gasteiger partial charge in [0.05, 0.1) is 0 Å². The topological polar surface area (TPSA) is 46.2 Å². The van der Waals surface area contributed by atoms with Crippen LogP contribution in [0.2, 0.25) is 0 Å². The van der Waals surface area contributed by atoms with Crippen molar-refractivity contribution in [2.75, 3.05) is 0 Å². The number of nitrogens with one attached hydrogen (secondary N) is 1. The van der Waals surface area contributed by atoms with Gasteiger partial charge in [-0.1, -0.05) is 30.3 Å². The van der Waals surface area contributed by atoms with E-state index in [0.29, 0.717) is 23.3 Å². The molecule has 2 aromatic rings. The zero-order valence-electron chi connectivity index (χ0n) is 14.0. The third kappa shape index (κ3) is 2.94. The van der Waals surface area contributed by atoms with Crippen molar-refractivity contribution in [3.63, 3.8) is 0 Å². The number of allylic oxidation sites excluding steroid dienone is 2. The monoisotopic (exact) mass is 353 g/mol. The zero-order chi connectivity index (χ0) is 18.3. The van der Waals surface area contributed by atoms with Gasteiger partial charge in [-0.25, -0.2) is 8.78 Å². The van der Waals surface area contributed by atoms with Crippen molar-refractivity contribution >= 4 is 11.7 Å². The van der Waals surface area contributed by atoms with E-state index in [1.165, 1.54) is 18.2 Å². The molecule has 0 spiro atoms. The summed E-state index contributed by atoms with van der Waals surface area (Å²) in [7, 11) is 0. The molecule has 0 aromatic heterocycles. The van der Waals surface area contributed by atoms with Crippen molar-refractivity contribution in [3.05, 3.63) is 82.6 Å². The second-order valence-electron chi connectivity index (χ2n) is 6.80. The standard InChI is InChI=1S/C21H17F2NO2/c22-14-7-5-12(6-8-14)13-9-18-21(19(25)10-13)16(11-20(26)24-18)15-3-1-2-4-17(15)23/h1-8,13,16H,9-11H2,(H,24,26)/t13-,16-/m1/s1. The summed E-state index contributed by atoms with van der Waals surface area (Å²) in [4.78, 5) is 25.1. The van der Waals surface area contributed by atoms with Crippen LogP contribution in [0.15, 0.2) is 59.8 Å². The minimum atomic E-state index is -0.554. The molecule has 1 amide bonds. The predicted molar refractivity (Wildman–Crippen MR) is 92.3 cm³/mol. The van der Waals surface area contributed by atoms with Crippen molar-refractivity contribution in [1.29, 1.82) is 0 Å². The third-order valence-electron chi connectivity index (χ3n) is 5.16. The maximum atomic E-state index is 14.3. The SMILES string of the molecule is O=C1C[C@H](c2ccccc2F)C2=C(C[C@@H](c3ccc(F)cc3)CC2=O)N1. The van der Waals surface area contributed by atoms with Gasteiger partial charge in [-0.15, -0.1) is 0 Å². The Hall–Kier alpha value is -2.82. The molecule has 5 heteroatoms. The van der Waals surface area contributed by atoms with E-state index in [2.05, 4.69) is 5.32 Å². The van der Waals surface area contributed by atoms with E-state index in [1.54, 1.807) is 30.3 Å². The number of carbonyl (C=O) groups excluding carboxylic acids is 2. The van der Waals surface area contributed by atoms with Crippen LogP contribution >= 0.6 is 0 Å². The highest BCUT2D eigenvalue weighted by Gasteiger charge is 2.38. The fraction of sp³-hybridized carbons (Fsp3) is 0.238. The van der Waals surface area contributed by atoms with Gasteiger partial charge >= 0.3 is 0 Å². The Morgan fingerprint density at radius 1 is 0.885 bits per heavy atom. The molecule has 0 radical (unpaired) electrons. The van der Waals surface area contributed by atoms with Crippen LogP contribution in [0.5, 0.6) is 0 Å². The molecule has 1 heterocycles. The van der Waals surface area contributed by atoms with Crippen LogP contribution in [0.4, 0.5) is 8.78 Å². The summed E-state index contributed by atoms with van der Waals surface area (Å²) < 4.78 is 27.4. The van der Waals surface area contributed by atoms with Crippen LogP contribution in [0.25, 0.3) is 0 Å². The van der Waals surface area contributed by atoms with Crippen molar-refractivity contribution < 1.29 is 18.4 Å². The molecule has 2 aliphatic rings. The maximum absolute atomic E-state index is 14.3. The van der Waals surface area contributed by atoms with Crippen LogP contribution in [0.1, 0.15) is 42.2 Å². The van der Waals surface area contributed by atoms with Crippen LogP contribution < -0.4 is 5.32 Å². The quantitative estimate of drug-likeness (QED) is 0.888. The van der Waals surface area contributed by atoms with E-state index >= 15 is 0 Å². The number of rotatable bonds is 2. The largest absolute Gasteiger partial charge is 0.329 e. The van der Waals surface area contributed by atoms with Gasteiger partial charge in [0.15, 0.2) is 5.78 Å². The molecule has 1 N–H and O–H groups in total. The van der Waals surface area contributed by atoms with Crippen molar-refractivity contribution in [2.24, 2.45) is 0 Å². The molecule has 0 fully saturated rings. The summed E-state index contributed by atoms with van der Waals surface area (Å²) in [5.41, 5.74) is 2.31. The Bertz CT molecular complexity index is 918. The Morgan fingerprint density at radius 2 is 1.62 bits per heavy atom. The fourth-order valence-electron chi connectivity index (χ4n) is 3.95. The van der Waals surface area contributed by atoms with Crippen LogP contribution in [-0.2, 0) is 9.59 Å². The lowest BCUT2D eigenvalue weighted by atomic mass is 9.73. The fourth-order valence-corrected chi connectivity index (χ4v) is 3.95. The molecule has 0 unspecified atom stereocenters. The molecule has 1 aliphatic heterocycles. The number of amides is 1. The minimum Gasteiger partial charge on any atom is -0.329 e. The van der Waals surface area contributed by atoms with Gasteiger partial charge in [0.1, 0.15) is 11.6 Å². The van der Waals surface area contributed by atoms with Gasteiger partial charge in [0, 0.05) is 30.0 Å². The van der Waals surface area contributed by atoms with E-state index in [1.807, 2.05) is 0 Å². The van der Waals surface area contributed by atoms with Crippen LogP contribution in [0, 0.1) is 11.6 Å². The molecule has 1 aliphatic carbocycles. The highest BCUT2D eigenvalue weighted by Crippen LogP contribution is 2.42. The molecule has 0 saturated heterocycles. The summed E-state index contributed by atoms with van der Waals surface area (Å²) in [6.07, 6.45) is 0.807. The van der Waals surface area contributed by atoms with Crippen molar-refractivity contribution in [2.45, 2.75) is 31.1 Å². The molecule has 0 bridgehead atoms. The van der Waals surface area contributed by atoms with Crippen LogP contribution in [0.3, 0.4) is 0 Å². The van der Waals surface area contributed by atoms with Gasteiger partial charge in [0.2, 0.25) is 5.91 Å². The number of Topliss-reactive ketones (excluding diaryl/α,β-unsaturated/α-hetero) is 1. The first-order valence-electron chi connectivity index (χ1n) is 8.59. The Kier molecular flexibility index (Phi) is 4.15. The summed E-state index contributed by atoms with van der Waals surface area (Å²) in [5, 5.41) is 2.80. The zero-order valence-corrected chi connectivity index (χ0v) is 14.0. The lowest BCUT2D eigenvalue weighted by molar-refractivity contribution is -0.122. The number of ketones is 1. The summed E-state index contributed by atoms with van der Waals surface area (Å²) >= 11 is 0. The Labute approximate surface area is 149 Å². The van der Waals surface area contributed by atoms with Gasteiger partial charge in [-0.2, -0.15) is 0 Å². The lowest BCUT2D eigenvalue weighted by Crippen LogP contribution is -2.38. The van der Waals surface area contributed by atoms with Gasteiger partial charge in [-0.3, -0.25) is 9.59 Å². The summed E-state index contributed by atoms with van der Waals surface area (Å²) in [6.45, 7) is 0. The Morgan fingerprint density at radius 3 is 2.35 bits per heavy atom. The lowest BCUT2D eigenvalue weighted by Gasteiger charge is -2.34. The first kappa shape index (κ1) is 16.6. The van der Waals surface area contributed by atoms with E-state index in [4.69, 9.17) is 0 Å². The molecular weight excluding hydrogens is 336 g/mol. The molecule has 26 heavy (non-hydrogen) atoms. The maximum Gasteiger partial charge on any atom is 0.225 e. The average Bonchev–Trinajstić information content (AvgIpc) is 2.61. The van der Waals surface area contributed by atoms with Gasteiger partial charge in [-0.05, 0) is 41.7 Å². The molecular formula is C21H17F2NO2. The minimum absolute atomic E-state index is 0.0622. The second kappa shape index (κ2) is 6.48. The molecule has 0 saturated carbocycles. The van der Waals surface area contributed by atoms with Gasteiger partial charge in [0.25, 0.3) is 0 Å².